The smallest absolute Gasteiger partial charge is 0.207 e. The van der Waals surface area contributed by atoms with Crippen LogP contribution in [0.2, 0.25) is 0 Å². The van der Waals surface area contributed by atoms with E-state index in [-0.39, 0.29) is 3.57 Å². The van der Waals surface area contributed by atoms with Crippen molar-refractivity contribution >= 4 is 0 Å². The van der Waals surface area contributed by atoms with Crippen molar-refractivity contribution in [2.75, 3.05) is 0 Å². The highest BCUT2D eigenvalue weighted by Crippen LogP contribution is 2.48. The summed E-state index contributed by atoms with van der Waals surface area (Å²) in [5.74, 6) is -19.4. The van der Waals surface area contributed by atoms with Gasteiger partial charge in [-0.05, 0) is 24.3 Å². The summed E-state index contributed by atoms with van der Waals surface area (Å²) in [6, 6.07) is 3.70. The Morgan fingerprint density at radius 1 is 0.667 bits per heavy atom. The number of benzene rings is 1. The van der Waals surface area contributed by atoms with Crippen LogP contribution in [0, 0.1) is 9.39 Å². The molecule has 0 amide bonds. The number of hydrogen-bond acceptors (Lipinski definition) is 0. The number of halogens is 9. The lowest BCUT2D eigenvalue weighted by molar-refractivity contribution is -0.594. The summed E-state index contributed by atoms with van der Waals surface area (Å²) >= 11 is -2.28. The molecule has 0 N–H and O–H groups in total. The predicted molar refractivity (Wildman–Crippen MR) is 52.4 cm³/mol. The molecule has 0 saturated carbocycles. The fourth-order valence-corrected chi connectivity index (χ4v) is 3.94. The van der Waals surface area contributed by atoms with Gasteiger partial charge in [-0.25, -0.2) is 13.2 Å². The number of rotatable bonds is 2. The van der Waals surface area contributed by atoms with Crippen molar-refractivity contribution in [1.29, 1.82) is 0 Å². The molecule has 0 bridgehead atoms. The zero-order chi connectivity index (χ0) is 16.0. The van der Waals surface area contributed by atoms with Gasteiger partial charge in [0, 0.05) is 0 Å². The second-order valence-electron chi connectivity index (χ2n) is 3.94. The van der Waals surface area contributed by atoms with Crippen molar-refractivity contribution in [3.8, 4) is 0 Å². The Hall–Kier alpha value is -1.13. The molecule has 0 radical (unpaired) electrons. The lowest BCUT2D eigenvalue weighted by atomic mass is 10.1. The molecule has 0 saturated heterocycles. The molecule has 0 spiro atoms. The molecule has 114 valence electrons. The lowest BCUT2D eigenvalue weighted by Crippen LogP contribution is -3.61. The summed E-state index contributed by atoms with van der Waals surface area (Å²) in [6.07, 6.45) is 0. The molecular weight excluding hydrogens is 423 g/mol. The molecule has 0 aromatic heterocycles. The van der Waals surface area contributed by atoms with Crippen LogP contribution in [0.15, 0.2) is 45.3 Å². The highest BCUT2D eigenvalue weighted by atomic mass is 127. The van der Waals surface area contributed by atoms with Crippen LogP contribution >= 0.6 is 0 Å². The monoisotopic (exact) mass is 427 g/mol. The summed E-state index contributed by atoms with van der Waals surface area (Å²) in [6.45, 7) is 0. The average Bonchev–Trinajstić information content (AvgIpc) is 2.42. The Kier molecular flexibility index (Phi) is 4.06. The van der Waals surface area contributed by atoms with Gasteiger partial charge in [0.1, 0.15) is 5.82 Å². The minimum Gasteiger partial charge on any atom is -0.207 e. The van der Waals surface area contributed by atoms with Gasteiger partial charge in [0.2, 0.25) is 17.5 Å². The van der Waals surface area contributed by atoms with E-state index in [2.05, 4.69) is 0 Å². The zero-order valence-corrected chi connectivity index (χ0v) is 11.9. The van der Waals surface area contributed by atoms with Crippen molar-refractivity contribution < 1.29 is 56.3 Å². The van der Waals surface area contributed by atoms with E-state index in [9.17, 15) is 35.1 Å². The third kappa shape index (κ3) is 2.67. The molecular formula is C12H4F8I+. The van der Waals surface area contributed by atoms with E-state index in [1.54, 1.807) is 0 Å². The van der Waals surface area contributed by atoms with Crippen LogP contribution in [0.1, 0.15) is 0 Å². The van der Waals surface area contributed by atoms with E-state index in [1.807, 2.05) is 0 Å². The molecule has 0 unspecified atom stereocenters. The second-order valence-corrected chi connectivity index (χ2v) is 6.80. The summed E-state index contributed by atoms with van der Waals surface area (Å²) in [5.41, 5.74) is 0. The van der Waals surface area contributed by atoms with Gasteiger partial charge < -0.3 is 0 Å². The van der Waals surface area contributed by atoms with Crippen molar-refractivity contribution in [2.45, 2.75) is 11.8 Å². The number of allylic oxidation sites excluding steroid dienone is 4. The number of alkyl halides is 4. The quantitative estimate of drug-likeness (QED) is 0.499. The van der Waals surface area contributed by atoms with Gasteiger partial charge >= 0.3 is 33.1 Å². The van der Waals surface area contributed by atoms with Crippen molar-refractivity contribution in [2.24, 2.45) is 0 Å². The summed E-state index contributed by atoms with van der Waals surface area (Å²) in [7, 11) is 0. The van der Waals surface area contributed by atoms with E-state index < -0.39 is 59.9 Å². The fourth-order valence-electron chi connectivity index (χ4n) is 1.45. The molecule has 0 fully saturated rings. The van der Waals surface area contributed by atoms with Gasteiger partial charge in [-0.15, -0.1) is 0 Å². The maximum absolute atomic E-state index is 13.5. The molecule has 1 aliphatic carbocycles. The summed E-state index contributed by atoms with van der Waals surface area (Å²) in [5, 5.41) is 0. The molecule has 0 atom stereocenters. The minimum absolute atomic E-state index is 0.0501. The average molecular weight is 427 g/mol. The van der Waals surface area contributed by atoms with Crippen molar-refractivity contribution in [3.63, 3.8) is 0 Å². The Labute approximate surface area is 123 Å². The summed E-state index contributed by atoms with van der Waals surface area (Å²) in [4.78, 5) is 0. The highest BCUT2D eigenvalue weighted by molar-refractivity contribution is 5.38. The van der Waals surface area contributed by atoms with Crippen LogP contribution in [-0.2, 0) is 0 Å². The SMILES string of the molecule is FC1=C(F)C(F)(F)C([I+]c2ccc(F)cc2)=C(F)C1(F)F. The minimum atomic E-state index is -5.05. The lowest BCUT2D eigenvalue weighted by Gasteiger charge is -2.22. The Bertz CT molecular complexity index is 629. The van der Waals surface area contributed by atoms with Crippen LogP contribution in [-0.4, -0.2) is 11.8 Å². The highest BCUT2D eigenvalue weighted by Gasteiger charge is 2.65. The van der Waals surface area contributed by atoms with E-state index in [0.29, 0.717) is 0 Å². The first-order valence-electron chi connectivity index (χ1n) is 5.21. The first kappa shape index (κ1) is 16.2. The van der Waals surface area contributed by atoms with E-state index in [4.69, 9.17) is 0 Å². The predicted octanol–water partition coefficient (Wildman–Crippen LogP) is 1.70. The zero-order valence-electron chi connectivity index (χ0n) is 9.71. The van der Waals surface area contributed by atoms with Crippen LogP contribution in [0.25, 0.3) is 0 Å². The molecule has 2 rings (SSSR count). The van der Waals surface area contributed by atoms with Crippen LogP contribution in [0.4, 0.5) is 35.1 Å². The first-order chi connectivity index (χ1) is 9.58. The standard InChI is InChI=1S/C12H4F8I/c13-5-1-3-6(4-2-5)21-10-9(16)11(17,18)7(14)8(15)12(10,19)20/h1-4H/q+1. The molecule has 0 heterocycles. The van der Waals surface area contributed by atoms with E-state index in [1.165, 1.54) is 0 Å². The van der Waals surface area contributed by atoms with E-state index in [0.717, 1.165) is 24.3 Å². The molecule has 0 aliphatic heterocycles. The molecule has 21 heavy (non-hydrogen) atoms. The van der Waals surface area contributed by atoms with Crippen LogP contribution in [0.3, 0.4) is 0 Å². The fraction of sp³-hybridized carbons (Fsp3) is 0.167. The van der Waals surface area contributed by atoms with Crippen molar-refractivity contribution in [3.05, 3.63) is 54.7 Å². The van der Waals surface area contributed by atoms with Gasteiger partial charge in [0.25, 0.3) is 3.58 Å². The Morgan fingerprint density at radius 2 is 1.14 bits per heavy atom. The largest absolute Gasteiger partial charge is 0.371 e. The topological polar surface area (TPSA) is 0 Å². The number of hydrogen-bond donors (Lipinski definition) is 0. The van der Waals surface area contributed by atoms with Gasteiger partial charge in [0.05, 0.1) is 0 Å². The molecule has 9 heteroatoms. The third-order valence-electron chi connectivity index (χ3n) is 2.50. The van der Waals surface area contributed by atoms with E-state index >= 15 is 0 Å². The Morgan fingerprint density at radius 3 is 1.67 bits per heavy atom. The molecule has 1 aliphatic rings. The maximum atomic E-state index is 13.5. The maximum Gasteiger partial charge on any atom is 0.371 e. The van der Waals surface area contributed by atoms with Crippen molar-refractivity contribution in [1.82, 2.24) is 0 Å². The molecule has 1 aromatic rings. The van der Waals surface area contributed by atoms with Gasteiger partial charge in [-0.2, -0.15) is 22.0 Å². The molecule has 0 nitrogen and oxygen atoms in total. The van der Waals surface area contributed by atoms with Crippen LogP contribution in [0.5, 0.6) is 0 Å². The summed E-state index contributed by atoms with van der Waals surface area (Å²) < 4.78 is 103. The second kappa shape index (κ2) is 5.25. The van der Waals surface area contributed by atoms with Gasteiger partial charge in [-0.1, -0.05) is 0 Å². The Balaban J connectivity index is 2.50. The first-order valence-corrected chi connectivity index (χ1v) is 7.37. The van der Waals surface area contributed by atoms with Gasteiger partial charge in [0.15, 0.2) is 3.57 Å². The normalized spacial score (nSPS) is 21.0. The third-order valence-corrected chi connectivity index (χ3v) is 5.53. The molecule has 1 aromatic carbocycles. The van der Waals surface area contributed by atoms with Gasteiger partial charge in [-0.3, -0.25) is 0 Å². The van der Waals surface area contributed by atoms with Crippen LogP contribution < -0.4 is 21.2 Å².